The van der Waals surface area contributed by atoms with Gasteiger partial charge in [0.1, 0.15) is 6.61 Å². The summed E-state index contributed by atoms with van der Waals surface area (Å²) in [6.07, 6.45) is 1.87. The molecule has 20 heavy (non-hydrogen) atoms. The molecule has 0 aromatic heterocycles. The van der Waals surface area contributed by atoms with Crippen LogP contribution in [0.3, 0.4) is 0 Å². The van der Waals surface area contributed by atoms with Gasteiger partial charge in [0, 0.05) is 12.5 Å². The predicted octanol–water partition coefficient (Wildman–Crippen LogP) is 2.95. The number of unbranched alkanes of at least 4 members (excludes halogenated alkanes) is 1. The Hall–Kier alpha value is -2.04. The van der Waals surface area contributed by atoms with Crippen LogP contribution in [0.1, 0.15) is 38.2 Å². The average Bonchev–Trinajstić information content (AvgIpc) is 2.42. The van der Waals surface area contributed by atoms with Gasteiger partial charge in [0.25, 0.3) is 0 Å². The minimum absolute atomic E-state index is 0.0212. The number of benzene rings is 1. The van der Waals surface area contributed by atoms with Crippen LogP contribution in [-0.4, -0.2) is 23.2 Å². The van der Waals surface area contributed by atoms with Gasteiger partial charge in [0.2, 0.25) is 0 Å². The molecule has 0 heterocycles. The first kappa shape index (κ1) is 16.0. The standard InChI is InChI=1S/C15H21NO4/c1-12(7-5-6-10-14(17)18)16-15(19)20-11-13-8-3-2-4-9-13/h2-4,8-9,12H,5-7,10-11H2,1H3,(H,16,19)(H,17,18)/t12-/m0/s1. The van der Waals surface area contributed by atoms with E-state index in [2.05, 4.69) is 5.32 Å². The maximum atomic E-state index is 11.5. The highest BCUT2D eigenvalue weighted by Crippen LogP contribution is 2.05. The molecule has 0 spiro atoms. The molecule has 0 saturated heterocycles. The smallest absolute Gasteiger partial charge is 0.407 e. The third-order valence-electron chi connectivity index (χ3n) is 2.85. The van der Waals surface area contributed by atoms with Gasteiger partial charge in [-0.05, 0) is 25.3 Å². The Bertz CT molecular complexity index is 419. The summed E-state index contributed by atoms with van der Waals surface area (Å²) in [4.78, 5) is 21.9. The van der Waals surface area contributed by atoms with Crippen LogP contribution in [0, 0.1) is 0 Å². The molecule has 0 bridgehead atoms. The summed E-state index contributed by atoms with van der Waals surface area (Å²) in [7, 11) is 0. The lowest BCUT2D eigenvalue weighted by atomic mass is 10.1. The van der Waals surface area contributed by atoms with Crippen molar-refractivity contribution in [1.82, 2.24) is 5.32 Å². The molecule has 0 fully saturated rings. The number of carbonyl (C=O) groups excluding carboxylic acids is 1. The maximum Gasteiger partial charge on any atom is 0.407 e. The zero-order valence-corrected chi connectivity index (χ0v) is 11.7. The van der Waals surface area contributed by atoms with Crippen LogP contribution in [0.2, 0.25) is 0 Å². The second-order valence-electron chi connectivity index (χ2n) is 4.75. The van der Waals surface area contributed by atoms with Crippen molar-refractivity contribution in [3.8, 4) is 0 Å². The first-order chi connectivity index (χ1) is 9.58. The van der Waals surface area contributed by atoms with Crippen LogP contribution in [-0.2, 0) is 16.1 Å². The first-order valence-electron chi connectivity index (χ1n) is 6.77. The third-order valence-corrected chi connectivity index (χ3v) is 2.85. The fourth-order valence-corrected chi connectivity index (χ4v) is 1.76. The van der Waals surface area contributed by atoms with E-state index in [1.807, 2.05) is 37.3 Å². The molecule has 5 nitrogen and oxygen atoms in total. The van der Waals surface area contributed by atoms with Gasteiger partial charge in [-0.25, -0.2) is 4.79 Å². The maximum absolute atomic E-state index is 11.5. The number of hydrogen-bond donors (Lipinski definition) is 2. The zero-order chi connectivity index (χ0) is 14.8. The van der Waals surface area contributed by atoms with Gasteiger partial charge < -0.3 is 15.2 Å². The molecule has 110 valence electrons. The Kier molecular flexibility index (Phi) is 7.17. The summed E-state index contributed by atoms with van der Waals surface area (Å²) in [6, 6.07) is 9.45. The lowest BCUT2D eigenvalue weighted by molar-refractivity contribution is -0.137. The average molecular weight is 279 g/mol. The molecule has 0 saturated carbocycles. The Balaban J connectivity index is 2.13. The largest absolute Gasteiger partial charge is 0.481 e. The van der Waals surface area contributed by atoms with E-state index in [-0.39, 0.29) is 19.1 Å². The van der Waals surface area contributed by atoms with Gasteiger partial charge in [0.05, 0.1) is 0 Å². The van der Waals surface area contributed by atoms with Crippen molar-refractivity contribution in [2.75, 3.05) is 0 Å². The summed E-state index contributed by atoms with van der Waals surface area (Å²) in [6.45, 7) is 2.13. The SMILES string of the molecule is C[C@@H](CCCCC(=O)O)NC(=O)OCc1ccccc1. The number of nitrogens with one attached hydrogen (secondary N) is 1. The Labute approximate surface area is 118 Å². The van der Waals surface area contributed by atoms with Crippen molar-refractivity contribution >= 4 is 12.1 Å². The number of amides is 1. The molecule has 0 radical (unpaired) electrons. The van der Waals surface area contributed by atoms with Crippen molar-refractivity contribution in [2.45, 2.75) is 45.3 Å². The molecule has 1 rings (SSSR count). The third kappa shape index (κ3) is 7.41. The molecule has 1 aromatic rings. The number of carbonyl (C=O) groups is 2. The van der Waals surface area contributed by atoms with E-state index in [1.54, 1.807) is 0 Å². The topological polar surface area (TPSA) is 75.6 Å². The minimum Gasteiger partial charge on any atom is -0.481 e. The lowest BCUT2D eigenvalue weighted by Crippen LogP contribution is -2.32. The second kappa shape index (κ2) is 8.96. The fourth-order valence-electron chi connectivity index (χ4n) is 1.76. The van der Waals surface area contributed by atoms with E-state index < -0.39 is 12.1 Å². The molecule has 5 heteroatoms. The summed E-state index contributed by atoms with van der Waals surface area (Å²) in [5, 5.41) is 11.2. The molecular weight excluding hydrogens is 258 g/mol. The highest BCUT2D eigenvalue weighted by Gasteiger charge is 2.08. The molecule has 0 aliphatic rings. The molecule has 0 aliphatic heterocycles. The number of rotatable bonds is 8. The normalized spacial score (nSPS) is 11.7. The molecule has 2 N–H and O–H groups in total. The van der Waals surface area contributed by atoms with Crippen LogP contribution in [0.4, 0.5) is 4.79 Å². The summed E-state index contributed by atoms with van der Waals surface area (Å²) >= 11 is 0. The van der Waals surface area contributed by atoms with Crippen LogP contribution < -0.4 is 5.32 Å². The van der Waals surface area contributed by atoms with Crippen molar-refractivity contribution in [2.24, 2.45) is 0 Å². The monoisotopic (exact) mass is 279 g/mol. The van der Waals surface area contributed by atoms with Crippen LogP contribution in [0.5, 0.6) is 0 Å². The van der Waals surface area contributed by atoms with Gasteiger partial charge in [0.15, 0.2) is 0 Å². The van der Waals surface area contributed by atoms with E-state index in [0.717, 1.165) is 18.4 Å². The highest BCUT2D eigenvalue weighted by atomic mass is 16.5. The van der Waals surface area contributed by atoms with Gasteiger partial charge >= 0.3 is 12.1 Å². The van der Waals surface area contributed by atoms with Gasteiger partial charge in [-0.3, -0.25) is 4.79 Å². The number of hydrogen-bond acceptors (Lipinski definition) is 3. The van der Waals surface area contributed by atoms with Crippen molar-refractivity contribution in [1.29, 1.82) is 0 Å². The van der Waals surface area contributed by atoms with Gasteiger partial charge in [-0.1, -0.05) is 36.8 Å². The van der Waals surface area contributed by atoms with Gasteiger partial charge in [-0.15, -0.1) is 0 Å². The molecular formula is C15H21NO4. The van der Waals surface area contributed by atoms with E-state index >= 15 is 0 Å². The summed E-state index contributed by atoms with van der Waals surface area (Å²) < 4.78 is 5.10. The lowest BCUT2D eigenvalue weighted by Gasteiger charge is -2.13. The Morgan fingerprint density at radius 3 is 2.60 bits per heavy atom. The van der Waals surface area contributed by atoms with Crippen molar-refractivity contribution in [3.63, 3.8) is 0 Å². The first-order valence-corrected chi connectivity index (χ1v) is 6.77. The second-order valence-corrected chi connectivity index (χ2v) is 4.75. The number of alkyl carbamates (subject to hydrolysis) is 1. The van der Waals surface area contributed by atoms with Gasteiger partial charge in [-0.2, -0.15) is 0 Å². The molecule has 0 unspecified atom stereocenters. The highest BCUT2D eigenvalue weighted by molar-refractivity contribution is 5.67. The van der Waals surface area contributed by atoms with E-state index in [4.69, 9.17) is 9.84 Å². The van der Waals surface area contributed by atoms with E-state index in [1.165, 1.54) is 0 Å². The van der Waals surface area contributed by atoms with Crippen molar-refractivity contribution < 1.29 is 19.4 Å². The van der Waals surface area contributed by atoms with E-state index in [0.29, 0.717) is 6.42 Å². The number of carboxylic acids is 1. The zero-order valence-electron chi connectivity index (χ0n) is 11.7. The number of aliphatic carboxylic acids is 1. The van der Waals surface area contributed by atoms with Crippen LogP contribution >= 0.6 is 0 Å². The quantitative estimate of drug-likeness (QED) is 0.717. The number of ether oxygens (including phenoxy) is 1. The number of carboxylic acid groups (broad SMARTS) is 1. The van der Waals surface area contributed by atoms with E-state index in [9.17, 15) is 9.59 Å². The Morgan fingerprint density at radius 2 is 1.95 bits per heavy atom. The minimum atomic E-state index is -0.784. The predicted molar refractivity (Wildman–Crippen MR) is 75.3 cm³/mol. The summed E-state index contributed by atoms with van der Waals surface area (Å²) in [5.41, 5.74) is 0.941. The van der Waals surface area contributed by atoms with Crippen molar-refractivity contribution in [3.05, 3.63) is 35.9 Å². The molecule has 1 amide bonds. The molecule has 1 atom stereocenters. The summed E-state index contributed by atoms with van der Waals surface area (Å²) in [5.74, 6) is -0.784. The molecule has 1 aromatic carbocycles. The van der Waals surface area contributed by atoms with Crippen LogP contribution in [0.25, 0.3) is 0 Å². The van der Waals surface area contributed by atoms with Crippen LogP contribution in [0.15, 0.2) is 30.3 Å². The Morgan fingerprint density at radius 1 is 1.25 bits per heavy atom. The fraction of sp³-hybridized carbons (Fsp3) is 0.467. The molecule has 0 aliphatic carbocycles.